The number of hydrogen-bond donors (Lipinski definition) is 1. The molecule has 1 aliphatic heterocycles. The smallest absolute Gasteiger partial charge is 0.317 e. The quantitative estimate of drug-likeness (QED) is 0.853. The molecule has 5 heteroatoms. The summed E-state index contributed by atoms with van der Waals surface area (Å²) < 4.78 is 0. The van der Waals surface area contributed by atoms with Crippen LogP contribution in [0.5, 0.6) is 0 Å². The van der Waals surface area contributed by atoms with E-state index < -0.39 is 0 Å². The topological polar surface area (TPSA) is 52.7 Å². The Kier molecular flexibility index (Phi) is 4.45. The first kappa shape index (κ1) is 17.2. The Balaban J connectivity index is 1.29. The van der Waals surface area contributed by atoms with Crippen molar-refractivity contribution in [2.24, 2.45) is 23.2 Å². The molecule has 1 heterocycles. The maximum absolute atomic E-state index is 13.0. The van der Waals surface area contributed by atoms with Crippen molar-refractivity contribution < 1.29 is 9.59 Å². The highest BCUT2D eigenvalue weighted by Gasteiger charge is 2.51. The summed E-state index contributed by atoms with van der Waals surface area (Å²) in [4.78, 5) is 28.4. The lowest BCUT2D eigenvalue weighted by Gasteiger charge is -2.57. The SMILES string of the molecule is CN(C)C(=O)NC1CCN(C(=O)CC23CC4CC(CC(C4)C2)C3)CC1. The van der Waals surface area contributed by atoms with E-state index in [0.717, 1.165) is 50.1 Å². The summed E-state index contributed by atoms with van der Waals surface area (Å²) in [5.74, 6) is 3.10. The average Bonchev–Trinajstić information content (AvgIpc) is 2.53. The van der Waals surface area contributed by atoms with E-state index in [1.54, 1.807) is 19.0 Å². The van der Waals surface area contributed by atoms with Crippen molar-refractivity contribution >= 4 is 11.9 Å². The third-order valence-corrected chi connectivity index (χ3v) is 7.27. The van der Waals surface area contributed by atoms with Gasteiger partial charge in [0.15, 0.2) is 0 Å². The molecule has 4 saturated carbocycles. The number of amides is 3. The highest BCUT2D eigenvalue weighted by atomic mass is 16.2. The summed E-state index contributed by atoms with van der Waals surface area (Å²) in [6, 6.07) is 0.178. The fraction of sp³-hybridized carbons (Fsp3) is 0.900. The first-order chi connectivity index (χ1) is 11.9. The first-order valence-corrected chi connectivity index (χ1v) is 10.2. The normalized spacial score (nSPS) is 37.2. The third-order valence-electron chi connectivity index (χ3n) is 7.27. The largest absolute Gasteiger partial charge is 0.343 e. The van der Waals surface area contributed by atoms with Gasteiger partial charge in [0.1, 0.15) is 0 Å². The van der Waals surface area contributed by atoms with Crippen LogP contribution in [0.2, 0.25) is 0 Å². The lowest BCUT2D eigenvalue weighted by molar-refractivity contribution is -0.140. The Morgan fingerprint density at radius 1 is 1.00 bits per heavy atom. The number of nitrogens with one attached hydrogen (secondary N) is 1. The number of nitrogens with zero attached hydrogens (tertiary/aromatic N) is 2. The lowest BCUT2D eigenvalue weighted by Crippen LogP contribution is -2.51. The van der Waals surface area contributed by atoms with E-state index in [1.165, 1.54) is 38.5 Å². The van der Waals surface area contributed by atoms with Crippen molar-refractivity contribution in [3.63, 3.8) is 0 Å². The van der Waals surface area contributed by atoms with Gasteiger partial charge in [-0.15, -0.1) is 0 Å². The van der Waals surface area contributed by atoms with Crippen LogP contribution in [0.1, 0.15) is 57.8 Å². The zero-order valence-corrected chi connectivity index (χ0v) is 15.8. The van der Waals surface area contributed by atoms with Gasteiger partial charge in [0.05, 0.1) is 0 Å². The molecule has 140 valence electrons. The number of piperidine rings is 1. The second kappa shape index (κ2) is 6.48. The van der Waals surface area contributed by atoms with Gasteiger partial charge in [-0.25, -0.2) is 4.79 Å². The van der Waals surface area contributed by atoms with E-state index in [4.69, 9.17) is 0 Å². The molecule has 0 atom stereocenters. The minimum Gasteiger partial charge on any atom is -0.343 e. The minimum atomic E-state index is -0.0293. The zero-order valence-electron chi connectivity index (χ0n) is 15.8. The van der Waals surface area contributed by atoms with E-state index in [0.29, 0.717) is 11.3 Å². The van der Waals surface area contributed by atoms with Gasteiger partial charge >= 0.3 is 6.03 Å². The minimum absolute atomic E-state index is 0.0293. The Hall–Kier alpha value is -1.26. The van der Waals surface area contributed by atoms with Gasteiger partial charge in [-0.3, -0.25) is 4.79 Å². The summed E-state index contributed by atoms with van der Waals surface area (Å²) in [6.07, 6.45) is 10.8. The van der Waals surface area contributed by atoms with Crippen LogP contribution in [0, 0.1) is 23.2 Å². The Labute approximate surface area is 151 Å². The Morgan fingerprint density at radius 2 is 1.52 bits per heavy atom. The number of rotatable bonds is 3. The number of carbonyl (C=O) groups excluding carboxylic acids is 2. The molecule has 5 rings (SSSR count). The van der Waals surface area contributed by atoms with Gasteiger partial charge in [-0.1, -0.05) is 0 Å². The highest BCUT2D eigenvalue weighted by molar-refractivity contribution is 5.77. The van der Waals surface area contributed by atoms with Gasteiger partial charge in [-0.05, 0) is 74.5 Å². The van der Waals surface area contributed by atoms with Gasteiger partial charge < -0.3 is 15.1 Å². The van der Waals surface area contributed by atoms with Gasteiger partial charge in [0, 0.05) is 39.6 Å². The van der Waals surface area contributed by atoms with E-state index in [9.17, 15) is 9.59 Å². The fourth-order valence-electron chi connectivity index (χ4n) is 6.52. The molecule has 1 N–H and O–H groups in total. The maximum Gasteiger partial charge on any atom is 0.317 e. The third kappa shape index (κ3) is 3.52. The van der Waals surface area contributed by atoms with Crippen LogP contribution in [0.25, 0.3) is 0 Å². The number of carbonyl (C=O) groups is 2. The predicted octanol–water partition coefficient (Wildman–Crippen LogP) is 2.86. The van der Waals surface area contributed by atoms with Crippen LogP contribution < -0.4 is 5.32 Å². The molecule has 0 aromatic carbocycles. The summed E-state index contributed by atoms with van der Waals surface area (Å²) in [5, 5.41) is 3.05. The van der Waals surface area contributed by atoms with Crippen LogP contribution >= 0.6 is 0 Å². The lowest BCUT2D eigenvalue weighted by atomic mass is 9.49. The van der Waals surface area contributed by atoms with Crippen LogP contribution in [-0.2, 0) is 4.79 Å². The van der Waals surface area contributed by atoms with Crippen molar-refractivity contribution in [2.75, 3.05) is 27.2 Å². The first-order valence-electron chi connectivity index (χ1n) is 10.2. The maximum atomic E-state index is 13.0. The second-order valence-corrected chi connectivity index (χ2v) is 9.59. The summed E-state index contributed by atoms with van der Waals surface area (Å²) in [5.41, 5.74) is 0.335. The molecule has 5 aliphatic rings. The van der Waals surface area contributed by atoms with Crippen LogP contribution in [0.15, 0.2) is 0 Å². The van der Waals surface area contributed by atoms with Gasteiger partial charge in [0.2, 0.25) is 5.91 Å². The van der Waals surface area contributed by atoms with Crippen molar-refractivity contribution in [3.05, 3.63) is 0 Å². The van der Waals surface area contributed by atoms with E-state index in [2.05, 4.69) is 10.2 Å². The monoisotopic (exact) mass is 347 g/mol. The molecule has 0 aromatic heterocycles. The molecule has 5 fully saturated rings. The standard InChI is InChI=1S/C20H33N3O2/c1-22(2)19(25)21-17-3-5-23(6-4-17)18(24)13-20-10-14-7-15(11-20)9-16(8-14)12-20/h14-17H,3-13H2,1-2H3,(H,21,25). The zero-order chi connectivity index (χ0) is 17.6. The van der Waals surface area contributed by atoms with Crippen LogP contribution in [0.4, 0.5) is 4.79 Å². The summed E-state index contributed by atoms with van der Waals surface area (Å²) in [7, 11) is 3.53. The van der Waals surface area contributed by atoms with Crippen molar-refractivity contribution in [1.82, 2.24) is 15.1 Å². The molecule has 0 radical (unpaired) electrons. The van der Waals surface area contributed by atoms with E-state index in [1.807, 2.05) is 0 Å². The molecule has 4 bridgehead atoms. The van der Waals surface area contributed by atoms with Crippen molar-refractivity contribution in [1.29, 1.82) is 0 Å². The van der Waals surface area contributed by atoms with Crippen LogP contribution in [-0.4, -0.2) is 55.0 Å². The predicted molar refractivity (Wildman–Crippen MR) is 97.0 cm³/mol. The summed E-state index contributed by atoms with van der Waals surface area (Å²) in [6.45, 7) is 1.59. The number of likely N-dealkylation sites (tertiary alicyclic amines) is 1. The van der Waals surface area contributed by atoms with Gasteiger partial charge in [-0.2, -0.15) is 0 Å². The Morgan fingerprint density at radius 3 is 2.00 bits per heavy atom. The van der Waals surface area contributed by atoms with E-state index in [-0.39, 0.29) is 12.1 Å². The van der Waals surface area contributed by atoms with E-state index >= 15 is 0 Å². The molecule has 5 nitrogen and oxygen atoms in total. The summed E-state index contributed by atoms with van der Waals surface area (Å²) >= 11 is 0. The fourth-order valence-corrected chi connectivity index (χ4v) is 6.52. The average molecular weight is 348 g/mol. The molecule has 0 unspecified atom stereocenters. The van der Waals surface area contributed by atoms with Crippen molar-refractivity contribution in [2.45, 2.75) is 63.8 Å². The highest BCUT2D eigenvalue weighted by Crippen LogP contribution is 2.61. The van der Waals surface area contributed by atoms with Crippen molar-refractivity contribution in [3.8, 4) is 0 Å². The molecule has 0 spiro atoms. The molecular formula is C20H33N3O2. The van der Waals surface area contributed by atoms with Crippen LogP contribution in [0.3, 0.4) is 0 Å². The molecule has 0 aromatic rings. The molecule has 4 aliphatic carbocycles. The number of urea groups is 1. The second-order valence-electron chi connectivity index (χ2n) is 9.59. The van der Waals surface area contributed by atoms with Gasteiger partial charge in [0.25, 0.3) is 0 Å². The molecule has 25 heavy (non-hydrogen) atoms. The Bertz CT molecular complexity index is 502. The molecule has 3 amide bonds. The molecule has 1 saturated heterocycles. The molecular weight excluding hydrogens is 314 g/mol. The number of hydrogen-bond acceptors (Lipinski definition) is 2.